The smallest absolute Gasteiger partial charge is 0.277 e. The van der Waals surface area contributed by atoms with Gasteiger partial charge in [-0.25, -0.2) is 0 Å². The van der Waals surface area contributed by atoms with Crippen LogP contribution in [0.25, 0.3) is 0 Å². The van der Waals surface area contributed by atoms with Crippen molar-refractivity contribution in [2.24, 2.45) is 0 Å². The number of amides is 1. The number of carbonyl (C=O) groups is 1. The standard InChI is InChI=1S/C25H36N2O4/c1-29-17-18-30-16-8-13-22-23(26-31-24(22)19-14-15-19)25(28)27(20-9-4-2-5-10-20)21-11-6-3-7-12-21/h19-21H,2-7,9-12,14-18H2,1H3. The van der Waals surface area contributed by atoms with Gasteiger partial charge in [-0.15, -0.1) is 0 Å². The van der Waals surface area contributed by atoms with Crippen LogP contribution in [-0.4, -0.2) is 55.0 Å². The molecule has 1 aromatic heterocycles. The quantitative estimate of drug-likeness (QED) is 0.445. The summed E-state index contributed by atoms with van der Waals surface area (Å²) in [6.45, 7) is 1.36. The Morgan fingerprint density at radius 3 is 2.23 bits per heavy atom. The van der Waals surface area contributed by atoms with E-state index in [0.29, 0.717) is 49.1 Å². The summed E-state index contributed by atoms with van der Waals surface area (Å²) in [5.74, 6) is 7.42. The fraction of sp³-hybridized carbons (Fsp3) is 0.760. The molecule has 170 valence electrons. The molecule has 6 heteroatoms. The van der Waals surface area contributed by atoms with Gasteiger partial charge in [0.25, 0.3) is 5.91 Å². The van der Waals surface area contributed by atoms with Crippen molar-refractivity contribution in [3.8, 4) is 11.8 Å². The van der Waals surface area contributed by atoms with Gasteiger partial charge in [0.15, 0.2) is 11.5 Å². The molecule has 1 amide bonds. The maximum Gasteiger partial charge on any atom is 0.277 e. The van der Waals surface area contributed by atoms with Crippen LogP contribution in [0.2, 0.25) is 0 Å². The number of ether oxygens (including phenoxy) is 2. The lowest BCUT2D eigenvalue weighted by Crippen LogP contribution is -2.49. The number of aromatic nitrogens is 1. The van der Waals surface area contributed by atoms with Crippen molar-refractivity contribution < 1.29 is 18.8 Å². The van der Waals surface area contributed by atoms with Crippen molar-refractivity contribution in [3.63, 3.8) is 0 Å². The largest absolute Gasteiger partial charge is 0.382 e. The summed E-state index contributed by atoms with van der Waals surface area (Å²) in [6.07, 6.45) is 13.9. The summed E-state index contributed by atoms with van der Waals surface area (Å²) in [5.41, 5.74) is 1.11. The Labute approximate surface area is 186 Å². The lowest BCUT2D eigenvalue weighted by atomic mass is 9.88. The van der Waals surface area contributed by atoms with E-state index in [9.17, 15) is 4.79 Å². The Hall–Kier alpha value is -1.84. The zero-order chi connectivity index (χ0) is 21.5. The summed E-state index contributed by atoms with van der Waals surface area (Å²) < 4.78 is 16.2. The molecular weight excluding hydrogens is 392 g/mol. The maximum atomic E-state index is 13.9. The van der Waals surface area contributed by atoms with Gasteiger partial charge >= 0.3 is 0 Å². The summed E-state index contributed by atoms with van der Waals surface area (Å²) in [4.78, 5) is 16.1. The highest BCUT2D eigenvalue weighted by Crippen LogP contribution is 2.42. The fourth-order valence-corrected chi connectivity index (χ4v) is 5.05. The molecule has 3 aliphatic rings. The first-order valence-electron chi connectivity index (χ1n) is 12.2. The first-order valence-corrected chi connectivity index (χ1v) is 12.2. The number of methoxy groups -OCH3 is 1. The van der Waals surface area contributed by atoms with Crippen molar-refractivity contribution in [1.29, 1.82) is 0 Å². The van der Waals surface area contributed by atoms with Crippen LogP contribution in [-0.2, 0) is 9.47 Å². The third kappa shape index (κ3) is 5.70. The molecule has 0 N–H and O–H groups in total. The molecule has 3 saturated carbocycles. The van der Waals surface area contributed by atoms with E-state index in [0.717, 1.165) is 44.3 Å². The van der Waals surface area contributed by atoms with Crippen LogP contribution >= 0.6 is 0 Å². The Morgan fingerprint density at radius 2 is 1.65 bits per heavy atom. The van der Waals surface area contributed by atoms with E-state index in [1.165, 1.54) is 38.5 Å². The predicted molar refractivity (Wildman–Crippen MR) is 118 cm³/mol. The molecule has 1 heterocycles. The van der Waals surface area contributed by atoms with E-state index < -0.39 is 0 Å². The number of nitrogens with zero attached hydrogens (tertiary/aromatic N) is 2. The average Bonchev–Trinajstić information content (AvgIpc) is 3.57. The number of carbonyl (C=O) groups excluding carboxylic acids is 1. The van der Waals surface area contributed by atoms with Crippen LogP contribution in [0.3, 0.4) is 0 Å². The monoisotopic (exact) mass is 428 g/mol. The fourth-order valence-electron chi connectivity index (χ4n) is 5.05. The van der Waals surface area contributed by atoms with E-state index in [1.807, 2.05) is 0 Å². The first-order chi connectivity index (χ1) is 15.3. The van der Waals surface area contributed by atoms with E-state index >= 15 is 0 Å². The summed E-state index contributed by atoms with van der Waals surface area (Å²) >= 11 is 0. The van der Waals surface area contributed by atoms with Gasteiger partial charge in [-0.1, -0.05) is 55.5 Å². The molecule has 0 radical (unpaired) electrons. The molecule has 0 unspecified atom stereocenters. The van der Waals surface area contributed by atoms with Crippen LogP contribution in [0.5, 0.6) is 0 Å². The summed E-state index contributed by atoms with van der Waals surface area (Å²) in [6, 6.07) is 0.646. The zero-order valence-electron chi connectivity index (χ0n) is 18.9. The summed E-state index contributed by atoms with van der Waals surface area (Å²) in [5, 5.41) is 4.29. The van der Waals surface area contributed by atoms with Crippen LogP contribution in [0.15, 0.2) is 4.52 Å². The number of hydrogen-bond donors (Lipinski definition) is 0. The normalized spacial score (nSPS) is 20.3. The molecule has 4 rings (SSSR count). The zero-order valence-corrected chi connectivity index (χ0v) is 18.9. The summed E-state index contributed by atoms with van der Waals surface area (Å²) in [7, 11) is 1.65. The molecule has 0 aliphatic heterocycles. The van der Waals surface area contributed by atoms with Gasteiger partial charge < -0.3 is 18.9 Å². The van der Waals surface area contributed by atoms with Crippen LogP contribution < -0.4 is 0 Å². The highest BCUT2D eigenvalue weighted by Gasteiger charge is 2.38. The van der Waals surface area contributed by atoms with Crippen LogP contribution in [0.4, 0.5) is 0 Å². The van der Waals surface area contributed by atoms with Crippen LogP contribution in [0, 0.1) is 11.8 Å². The third-order valence-corrected chi connectivity index (χ3v) is 6.86. The second-order valence-corrected chi connectivity index (χ2v) is 9.19. The molecule has 3 aliphatic carbocycles. The second-order valence-electron chi connectivity index (χ2n) is 9.19. The minimum Gasteiger partial charge on any atom is -0.382 e. The van der Waals surface area contributed by atoms with Gasteiger partial charge in [-0.2, -0.15) is 0 Å². The van der Waals surface area contributed by atoms with Crippen molar-refractivity contribution >= 4 is 5.91 Å². The molecule has 1 aromatic rings. The van der Waals surface area contributed by atoms with Crippen molar-refractivity contribution in [3.05, 3.63) is 17.0 Å². The topological polar surface area (TPSA) is 64.8 Å². The van der Waals surface area contributed by atoms with Gasteiger partial charge in [-0.05, 0) is 38.5 Å². The van der Waals surface area contributed by atoms with Gasteiger partial charge in [0, 0.05) is 25.1 Å². The number of rotatable bonds is 8. The molecule has 31 heavy (non-hydrogen) atoms. The Kier molecular flexibility index (Phi) is 8.04. The van der Waals surface area contributed by atoms with Crippen molar-refractivity contribution in [2.45, 2.75) is 95.1 Å². The van der Waals surface area contributed by atoms with Crippen molar-refractivity contribution in [2.75, 3.05) is 26.9 Å². The molecular formula is C25H36N2O4. The van der Waals surface area contributed by atoms with E-state index in [2.05, 4.69) is 21.9 Å². The second kappa shape index (κ2) is 11.2. The van der Waals surface area contributed by atoms with E-state index in [4.69, 9.17) is 14.0 Å². The molecule has 0 aromatic carbocycles. The first kappa shape index (κ1) is 22.4. The number of hydrogen-bond acceptors (Lipinski definition) is 5. The average molecular weight is 429 g/mol. The molecule has 0 saturated heterocycles. The third-order valence-electron chi connectivity index (χ3n) is 6.86. The SMILES string of the molecule is COCCOCC#Cc1c(C(=O)N(C2CCCCC2)C2CCCCC2)noc1C1CC1. The lowest BCUT2D eigenvalue weighted by molar-refractivity contribution is 0.0438. The maximum absolute atomic E-state index is 13.9. The molecule has 0 spiro atoms. The van der Waals surface area contributed by atoms with Gasteiger partial charge in [-0.3, -0.25) is 4.79 Å². The Morgan fingerprint density at radius 1 is 1.00 bits per heavy atom. The van der Waals surface area contributed by atoms with E-state index in [1.54, 1.807) is 7.11 Å². The highest BCUT2D eigenvalue weighted by molar-refractivity contribution is 5.95. The van der Waals surface area contributed by atoms with Crippen LogP contribution in [0.1, 0.15) is 105 Å². The van der Waals surface area contributed by atoms with Crippen molar-refractivity contribution in [1.82, 2.24) is 10.1 Å². The van der Waals surface area contributed by atoms with Gasteiger partial charge in [0.05, 0.1) is 13.2 Å². The van der Waals surface area contributed by atoms with Gasteiger partial charge in [0.1, 0.15) is 12.2 Å². The van der Waals surface area contributed by atoms with Gasteiger partial charge in [0.2, 0.25) is 0 Å². The van der Waals surface area contributed by atoms with E-state index in [-0.39, 0.29) is 5.91 Å². The predicted octanol–water partition coefficient (Wildman–Crippen LogP) is 4.67. The Balaban J connectivity index is 1.56. The minimum atomic E-state index is 0.0269. The Bertz CT molecular complexity index is 759. The lowest BCUT2D eigenvalue weighted by Gasteiger charge is -2.41. The minimum absolute atomic E-state index is 0.0269. The highest BCUT2D eigenvalue weighted by atomic mass is 16.5. The molecule has 3 fully saturated rings. The molecule has 6 nitrogen and oxygen atoms in total. The molecule has 0 atom stereocenters. The molecule has 0 bridgehead atoms.